The van der Waals surface area contributed by atoms with Crippen LogP contribution in [0.5, 0.6) is 0 Å². The van der Waals surface area contributed by atoms with E-state index in [1.807, 2.05) is 24.3 Å². The molecule has 0 bridgehead atoms. The van der Waals surface area contributed by atoms with Crippen molar-refractivity contribution in [3.63, 3.8) is 0 Å². The summed E-state index contributed by atoms with van der Waals surface area (Å²) in [6.07, 6.45) is 41.6. The summed E-state index contributed by atoms with van der Waals surface area (Å²) in [5, 5.41) is 0. The molecule has 0 saturated heterocycles. The average molecular weight is 373 g/mol. The third-order valence-electron chi connectivity index (χ3n) is 4.64. The fourth-order valence-electron chi connectivity index (χ4n) is 2.98. The van der Waals surface area contributed by atoms with Gasteiger partial charge in [-0.15, -0.1) is 0 Å². The van der Waals surface area contributed by atoms with Gasteiger partial charge in [-0.05, 0) is 44.9 Å². The van der Waals surface area contributed by atoms with Crippen molar-refractivity contribution in [3.05, 3.63) is 123 Å². The molecule has 148 valence electrons. The molecule has 0 nitrogen and oxygen atoms in total. The van der Waals surface area contributed by atoms with Gasteiger partial charge in [0.05, 0.1) is 0 Å². The normalized spacial score (nSPS) is 20.8. The minimum Gasteiger partial charge on any atom is -0.0991 e. The number of hydrogen-bond donors (Lipinski definition) is 0. The van der Waals surface area contributed by atoms with E-state index >= 15 is 0 Å². The summed E-state index contributed by atoms with van der Waals surface area (Å²) in [5.74, 6) is 0. The molecule has 0 amide bonds. The third-order valence-corrected chi connectivity index (χ3v) is 4.64. The van der Waals surface area contributed by atoms with E-state index in [-0.39, 0.29) is 5.41 Å². The highest BCUT2D eigenvalue weighted by atomic mass is 14.3. The highest BCUT2D eigenvalue weighted by molar-refractivity contribution is 5.38. The van der Waals surface area contributed by atoms with E-state index in [1.54, 1.807) is 0 Å². The predicted molar refractivity (Wildman–Crippen MR) is 128 cm³/mol. The van der Waals surface area contributed by atoms with Crippen molar-refractivity contribution in [2.75, 3.05) is 0 Å². The van der Waals surface area contributed by atoms with Crippen LogP contribution in [0.1, 0.15) is 44.9 Å². The molecule has 0 aromatic carbocycles. The van der Waals surface area contributed by atoms with Gasteiger partial charge < -0.3 is 0 Å². The first-order chi connectivity index (χ1) is 13.7. The fraction of sp³-hybridized carbons (Fsp3) is 0.286. The van der Waals surface area contributed by atoms with Crippen LogP contribution in [0.15, 0.2) is 123 Å². The van der Waals surface area contributed by atoms with E-state index in [0.29, 0.717) is 0 Å². The zero-order valence-corrected chi connectivity index (χ0v) is 17.3. The lowest BCUT2D eigenvalue weighted by Gasteiger charge is -2.27. The summed E-state index contributed by atoms with van der Waals surface area (Å²) in [4.78, 5) is 0. The van der Waals surface area contributed by atoms with E-state index in [9.17, 15) is 0 Å². The third kappa shape index (κ3) is 9.92. The van der Waals surface area contributed by atoms with Gasteiger partial charge in [-0.3, -0.25) is 0 Å². The molecular formula is C28H36. The van der Waals surface area contributed by atoms with Gasteiger partial charge >= 0.3 is 0 Å². The SMILES string of the molecule is C=CC=CCCC=CC=CC1(C=CCCCC=CC=C)C=CC=CCCC1=C. The molecule has 0 aliphatic heterocycles. The van der Waals surface area contributed by atoms with Crippen LogP contribution in [0.25, 0.3) is 0 Å². The maximum absolute atomic E-state index is 4.41. The molecule has 0 aromatic rings. The lowest BCUT2D eigenvalue weighted by Crippen LogP contribution is -2.15. The molecule has 0 fully saturated rings. The van der Waals surface area contributed by atoms with Gasteiger partial charge in [-0.2, -0.15) is 0 Å². The van der Waals surface area contributed by atoms with Crippen molar-refractivity contribution in [1.29, 1.82) is 0 Å². The maximum Gasteiger partial charge on any atom is 0.0456 e. The number of rotatable bonds is 12. The average Bonchev–Trinajstić information content (AvgIpc) is 2.69. The van der Waals surface area contributed by atoms with E-state index in [4.69, 9.17) is 0 Å². The van der Waals surface area contributed by atoms with Gasteiger partial charge in [0.25, 0.3) is 0 Å². The van der Waals surface area contributed by atoms with E-state index < -0.39 is 0 Å². The molecule has 0 radical (unpaired) electrons. The van der Waals surface area contributed by atoms with Crippen LogP contribution in [0.2, 0.25) is 0 Å². The highest BCUT2D eigenvalue weighted by Gasteiger charge is 2.23. The van der Waals surface area contributed by atoms with Crippen molar-refractivity contribution in [1.82, 2.24) is 0 Å². The van der Waals surface area contributed by atoms with Gasteiger partial charge in [0.1, 0.15) is 0 Å². The Morgan fingerprint density at radius 2 is 1.46 bits per heavy atom. The standard InChI is InChI=1S/C28H36/c1-4-6-8-10-12-14-17-21-25-28(24-20-16-13-11-9-7-5-2)26-22-18-15-19-23-27(28)3/h4-9,14-15,17-18,20-22,24-26H,1-3,10-13,16,19,23H2. The summed E-state index contributed by atoms with van der Waals surface area (Å²) in [6.45, 7) is 11.8. The zero-order chi connectivity index (χ0) is 20.3. The Bertz CT molecular complexity index is 673. The Morgan fingerprint density at radius 3 is 2.21 bits per heavy atom. The second-order valence-electron chi connectivity index (χ2n) is 6.89. The molecule has 1 aliphatic carbocycles. The Balaban J connectivity index is 2.78. The van der Waals surface area contributed by atoms with Crippen LogP contribution in [-0.2, 0) is 0 Å². The number of unbranched alkanes of at least 4 members (excludes halogenated alkanes) is 3. The van der Waals surface area contributed by atoms with Crippen LogP contribution in [0.3, 0.4) is 0 Å². The lowest BCUT2D eigenvalue weighted by atomic mass is 9.76. The Hall–Kier alpha value is -2.60. The topological polar surface area (TPSA) is 0 Å². The minimum absolute atomic E-state index is 0.200. The first-order valence-electron chi connectivity index (χ1n) is 10.3. The summed E-state index contributed by atoms with van der Waals surface area (Å²) >= 11 is 0. The van der Waals surface area contributed by atoms with Gasteiger partial charge in [-0.25, -0.2) is 0 Å². The smallest absolute Gasteiger partial charge is 0.0456 e. The predicted octanol–water partition coefficient (Wildman–Crippen LogP) is 8.54. The quantitative estimate of drug-likeness (QED) is 0.183. The van der Waals surface area contributed by atoms with Crippen molar-refractivity contribution in [2.45, 2.75) is 44.9 Å². The van der Waals surface area contributed by atoms with Gasteiger partial charge in [0.2, 0.25) is 0 Å². The molecule has 1 rings (SSSR count). The second kappa shape index (κ2) is 15.5. The highest BCUT2D eigenvalue weighted by Crippen LogP contribution is 2.36. The van der Waals surface area contributed by atoms with Crippen molar-refractivity contribution >= 4 is 0 Å². The van der Waals surface area contributed by atoms with Crippen LogP contribution in [0, 0.1) is 5.41 Å². The summed E-state index contributed by atoms with van der Waals surface area (Å²) in [7, 11) is 0. The molecule has 1 aliphatic rings. The molecule has 0 heterocycles. The molecule has 0 heteroatoms. The van der Waals surface area contributed by atoms with E-state index in [1.165, 1.54) is 5.57 Å². The first-order valence-corrected chi connectivity index (χ1v) is 10.3. The molecule has 0 saturated carbocycles. The Morgan fingerprint density at radius 1 is 0.786 bits per heavy atom. The van der Waals surface area contributed by atoms with Gasteiger partial charge in [0.15, 0.2) is 0 Å². The van der Waals surface area contributed by atoms with Crippen molar-refractivity contribution in [2.24, 2.45) is 5.41 Å². The zero-order valence-electron chi connectivity index (χ0n) is 17.3. The van der Waals surface area contributed by atoms with Crippen LogP contribution in [0.4, 0.5) is 0 Å². The molecular weight excluding hydrogens is 336 g/mol. The largest absolute Gasteiger partial charge is 0.0991 e. The molecule has 1 atom stereocenters. The molecule has 0 N–H and O–H groups in total. The molecule has 1 unspecified atom stereocenters. The van der Waals surface area contributed by atoms with Gasteiger partial charge in [0, 0.05) is 5.41 Å². The van der Waals surface area contributed by atoms with Crippen LogP contribution in [-0.4, -0.2) is 0 Å². The fourth-order valence-corrected chi connectivity index (χ4v) is 2.98. The lowest BCUT2D eigenvalue weighted by molar-refractivity contribution is 0.693. The van der Waals surface area contributed by atoms with Crippen molar-refractivity contribution < 1.29 is 0 Å². The van der Waals surface area contributed by atoms with E-state index in [0.717, 1.165) is 44.9 Å². The van der Waals surface area contributed by atoms with Gasteiger partial charge in [-0.1, -0.05) is 123 Å². The minimum atomic E-state index is -0.200. The Labute approximate surface area is 173 Å². The number of hydrogen-bond acceptors (Lipinski definition) is 0. The summed E-state index contributed by atoms with van der Waals surface area (Å²) in [5.41, 5.74) is 1.05. The van der Waals surface area contributed by atoms with Crippen LogP contribution >= 0.6 is 0 Å². The summed E-state index contributed by atoms with van der Waals surface area (Å²) in [6, 6.07) is 0. The Kier molecular flexibility index (Phi) is 12.9. The van der Waals surface area contributed by atoms with E-state index in [2.05, 4.69) is 92.6 Å². The molecule has 0 spiro atoms. The van der Waals surface area contributed by atoms with Crippen LogP contribution < -0.4 is 0 Å². The second-order valence-corrected chi connectivity index (χ2v) is 6.89. The first kappa shape index (κ1) is 23.4. The van der Waals surface area contributed by atoms with Crippen molar-refractivity contribution in [3.8, 4) is 0 Å². The summed E-state index contributed by atoms with van der Waals surface area (Å²) < 4.78 is 0. The number of allylic oxidation sites excluding steroid dienone is 17. The molecule has 28 heavy (non-hydrogen) atoms. The molecule has 0 aromatic heterocycles. The maximum atomic E-state index is 4.41. The monoisotopic (exact) mass is 372 g/mol.